The molecule has 0 unspecified atom stereocenters. The second kappa shape index (κ2) is 6.28. The molecule has 4 rings (SSSR count). The first-order chi connectivity index (χ1) is 12.5. The van der Waals surface area contributed by atoms with Crippen molar-refractivity contribution in [2.75, 3.05) is 32.2 Å². The van der Waals surface area contributed by atoms with E-state index in [0.29, 0.717) is 42.6 Å². The summed E-state index contributed by atoms with van der Waals surface area (Å²) in [5.41, 5.74) is 2.26. The van der Waals surface area contributed by atoms with Crippen LogP contribution < -0.4 is 23.7 Å². The molecule has 2 aliphatic heterocycles. The number of anilines is 1. The van der Waals surface area contributed by atoms with Crippen molar-refractivity contribution < 1.29 is 27.4 Å². The summed E-state index contributed by atoms with van der Waals surface area (Å²) < 4.78 is 50.3. The van der Waals surface area contributed by atoms with Crippen LogP contribution in [0.25, 0.3) is 0 Å². The molecule has 8 heteroatoms. The Kier molecular flexibility index (Phi) is 4.07. The molecule has 0 atom stereocenters. The van der Waals surface area contributed by atoms with E-state index in [0.717, 1.165) is 23.3 Å². The maximum atomic E-state index is 13.0. The van der Waals surface area contributed by atoms with Gasteiger partial charge in [0.1, 0.15) is 11.5 Å². The van der Waals surface area contributed by atoms with Crippen LogP contribution in [0.4, 0.5) is 5.69 Å². The summed E-state index contributed by atoms with van der Waals surface area (Å²) in [6, 6.07) is 6.41. The van der Waals surface area contributed by atoms with Gasteiger partial charge in [-0.25, -0.2) is 8.42 Å². The Morgan fingerprint density at radius 2 is 1.77 bits per heavy atom. The molecular weight excluding hydrogens is 358 g/mol. The highest BCUT2D eigenvalue weighted by Crippen LogP contribution is 2.45. The predicted octanol–water partition coefficient (Wildman–Crippen LogP) is 2.37. The number of hydrogen-bond acceptors (Lipinski definition) is 6. The zero-order valence-corrected chi connectivity index (χ0v) is 15.3. The zero-order valence-electron chi connectivity index (χ0n) is 14.5. The molecule has 0 saturated carbocycles. The van der Waals surface area contributed by atoms with E-state index in [4.69, 9.17) is 18.9 Å². The molecular formula is C18H19NO6S. The summed E-state index contributed by atoms with van der Waals surface area (Å²) >= 11 is 0. The van der Waals surface area contributed by atoms with Crippen molar-refractivity contribution in [3.63, 3.8) is 0 Å². The minimum absolute atomic E-state index is 0.0819. The van der Waals surface area contributed by atoms with Gasteiger partial charge in [0.15, 0.2) is 11.5 Å². The third kappa shape index (κ3) is 2.70. The fourth-order valence-electron chi connectivity index (χ4n) is 3.27. The van der Waals surface area contributed by atoms with E-state index in [1.54, 1.807) is 6.07 Å². The fraction of sp³-hybridized carbons (Fsp3) is 0.333. The third-order valence-corrected chi connectivity index (χ3v) is 5.90. The minimum Gasteiger partial charge on any atom is -0.493 e. The molecule has 138 valence electrons. The molecule has 7 nitrogen and oxygen atoms in total. The van der Waals surface area contributed by atoms with Gasteiger partial charge < -0.3 is 18.9 Å². The molecule has 0 amide bonds. The van der Waals surface area contributed by atoms with Gasteiger partial charge in [0.05, 0.1) is 38.0 Å². The normalized spacial score (nSPS) is 14.8. The van der Waals surface area contributed by atoms with Crippen LogP contribution in [0.1, 0.15) is 11.1 Å². The number of fused-ring (bicyclic) bond motifs is 2. The molecule has 2 aliphatic rings. The largest absolute Gasteiger partial charge is 0.493 e. The summed E-state index contributed by atoms with van der Waals surface area (Å²) in [5, 5.41) is 0. The fourth-order valence-corrected chi connectivity index (χ4v) is 4.38. The van der Waals surface area contributed by atoms with Gasteiger partial charge in [-0.05, 0) is 18.2 Å². The van der Waals surface area contributed by atoms with Gasteiger partial charge in [-0.15, -0.1) is 0 Å². The van der Waals surface area contributed by atoms with Gasteiger partial charge >= 0.3 is 0 Å². The molecule has 0 aliphatic carbocycles. The molecule has 0 bridgehead atoms. The molecule has 2 aromatic rings. The van der Waals surface area contributed by atoms with Gasteiger partial charge in [0, 0.05) is 30.0 Å². The highest BCUT2D eigenvalue weighted by Gasteiger charge is 2.29. The quantitative estimate of drug-likeness (QED) is 0.861. The monoisotopic (exact) mass is 377 g/mol. The van der Waals surface area contributed by atoms with Crippen LogP contribution in [0.2, 0.25) is 0 Å². The van der Waals surface area contributed by atoms with Crippen LogP contribution in [-0.2, 0) is 22.9 Å². The number of hydrogen-bond donors (Lipinski definition) is 1. The average Bonchev–Trinajstić information content (AvgIpc) is 3.29. The van der Waals surface area contributed by atoms with Crippen molar-refractivity contribution in [1.29, 1.82) is 0 Å². The second-order valence-electron chi connectivity index (χ2n) is 6.04. The molecule has 0 aromatic heterocycles. The first-order valence-corrected chi connectivity index (χ1v) is 9.71. The molecule has 0 radical (unpaired) electrons. The van der Waals surface area contributed by atoms with Crippen LogP contribution in [0, 0.1) is 0 Å². The lowest BCUT2D eigenvalue weighted by molar-refractivity contribution is 0.354. The maximum absolute atomic E-state index is 13.0. The summed E-state index contributed by atoms with van der Waals surface area (Å²) in [6.45, 7) is 1.06. The highest BCUT2D eigenvalue weighted by atomic mass is 32.2. The summed E-state index contributed by atoms with van der Waals surface area (Å²) in [4.78, 5) is 0.0819. The third-order valence-electron chi connectivity index (χ3n) is 4.55. The number of methoxy groups -OCH3 is 2. The summed E-state index contributed by atoms with van der Waals surface area (Å²) in [5.74, 6) is 2.13. The van der Waals surface area contributed by atoms with Gasteiger partial charge in [-0.3, -0.25) is 4.72 Å². The molecule has 26 heavy (non-hydrogen) atoms. The van der Waals surface area contributed by atoms with E-state index < -0.39 is 10.0 Å². The lowest BCUT2D eigenvalue weighted by Gasteiger charge is -2.16. The van der Waals surface area contributed by atoms with Crippen molar-refractivity contribution >= 4 is 15.7 Å². The Morgan fingerprint density at radius 1 is 1.00 bits per heavy atom. The Balaban J connectivity index is 1.76. The predicted molar refractivity (Wildman–Crippen MR) is 95.2 cm³/mol. The van der Waals surface area contributed by atoms with Crippen LogP contribution in [-0.4, -0.2) is 35.9 Å². The number of ether oxygens (including phenoxy) is 4. The van der Waals surface area contributed by atoms with Crippen LogP contribution >= 0.6 is 0 Å². The van der Waals surface area contributed by atoms with Crippen LogP contribution in [0.15, 0.2) is 29.2 Å². The van der Waals surface area contributed by atoms with E-state index in [1.165, 1.54) is 26.4 Å². The van der Waals surface area contributed by atoms with Gasteiger partial charge in [0.25, 0.3) is 10.0 Å². The SMILES string of the molecule is COc1ccc(S(=O)(=O)Nc2c3c(cc4c2OCC4)OCC3)cc1OC. The highest BCUT2D eigenvalue weighted by molar-refractivity contribution is 7.92. The van der Waals surface area contributed by atoms with Crippen molar-refractivity contribution in [1.82, 2.24) is 0 Å². The first-order valence-electron chi connectivity index (χ1n) is 8.22. The Labute approximate surface area is 151 Å². The molecule has 2 heterocycles. The number of sulfonamides is 1. The molecule has 0 spiro atoms. The van der Waals surface area contributed by atoms with E-state index in [1.807, 2.05) is 6.07 Å². The first kappa shape index (κ1) is 16.8. The standard InChI is InChI=1S/C18H19NO6S/c1-22-14-4-3-12(10-16(14)23-2)26(20,21)19-17-13-6-8-24-15(13)9-11-5-7-25-18(11)17/h3-4,9-10,19H,5-8H2,1-2H3. The number of benzene rings is 2. The minimum atomic E-state index is -3.84. The smallest absolute Gasteiger partial charge is 0.262 e. The van der Waals surface area contributed by atoms with Crippen LogP contribution in [0.3, 0.4) is 0 Å². The number of nitrogens with one attached hydrogen (secondary N) is 1. The van der Waals surface area contributed by atoms with Gasteiger partial charge in [-0.1, -0.05) is 0 Å². The Hall–Kier alpha value is -2.61. The van der Waals surface area contributed by atoms with Crippen molar-refractivity contribution in [2.24, 2.45) is 0 Å². The zero-order chi connectivity index (χ0) is 18.3. The van der Waals surface area contributed by atoms with Gasteiger partial charge in [-0.2, -0.15) is 0 Å². The summed E-state index contributed by atoms with van der Waals surface area (Å²) in [6.07, 6.45) is 1.37. The van der Waals surface area contributed by atoms with E-state index in [-0.39, 0.29) is 4.90 Å². The molecule has 2 aromatic carbocycles. The van der Waals surface area contributed by atoms with Crippen molar-refractivity contribution in [3.05, 3.63) is 35.4 Å². The second-order valence-corrected chi connectivity index (χ2v) is 7.72. The lowest BCUT2D eigenvalue weighted by Crippen LogP contribution is -2.15. The topological polar surface area (TPSA) is 83.1 Å². The van der Waals surface area contributed by atoms with E-state index >= 15 is 0 Å². The Bertz CT molecular complexity index is 938. The molecule has 0 saturated heterocycles. The van der Waals surface area contributed by atoms with E-state index in [2.05, 4.69) is 4.72 Å². The average molecular weight is 377 g/mol. The Morgan fingerprint density at radius 3 is 2.54 bits per heavy atom. The molecule has 0 fully saturated rings. The maximum Gasteiger partial charge on any atom is 0.262 e. The summed E-state index contributed by atoms with van der Waals surface area (Å²) in [7, 11) is -0.875. The van der Waals surface area contributed by atoms with Crippen molar-refractivity contribution in [2.45, 2.75) is 17.7 Å². The lowest BCUT2D eigenvalue weighted by atomic mass is 10.0. The number of rotatable bonds is 5. The van der Waals surface area contributed by atoms with E-state index in [9.17, 15) is 8.42 Å². The van der Waals surface area contributed by atoms with Crippen molar-refractivity contribution in [3.8, 4) is 23.0 Å². The van der Waals surface area contributed by atoms with Gasteiger partial charge in [0.2, 0.25) is 0 Å². The molecule has 1 N–H and O–H groups in total. The van der Waals surface area contributed by atoms with Crippen LogP contribution in [0.5, 0.6) is 23.0 Å².